The van der Waals surface area contributed by atoms with E-state index in [4.69, 9.17) is 0 Å². The molecule has 0 aliphatic heterocycles. The van der Waals surface area contributed by atoms with E-state index >= 15 is 0 Å². The van der Waals surface area contributed by atoms with Crippen LogP contribution in [0.15, 0.2) is 0 Å². The Balaban J connectivity index is 1.96. The van der Waals surface area contributed by atoms with Crippen molar-refractivity contribution in [3.63, 3.8) is 0 Å². The van der Waals surface area contributed by atoms with E-state index in [1.54, 1.807) is 0 Å². The Morgan fingerprint density at radius 2 is 1.67 bits per heavy atom. The van der Waals surface area contributed by atoms with Gasteiger partial charge in [-0.25, -0.2) is 13.2 Å². The molecule has 2 aliphatic rings. The molecule has 0 bridgehead atoms. The Morgan fingerprint density at radius 1 is 1.00 bits per heavy atom. The zero-order valence-electron chi connectivity index (χ0n) is 8.95. The van der Waals surface area contributed by atoms with Gasteiger partial charge in [0.2, 0.25) is 0 Å². The minimum absolute atomic E-state index is 0.00713. The minimum atomic E-state index is -2.56. The van der Waals surface area contributed by atoms with E-state index in [9.17, 15) is 13.2 Å². The largest absolute Gasteiger partial charge is 0.254 e. The fourth-order valence-corrected chi connectivity index (χ4v) is 2.91. The molecule has 0 N–H and O–H groups in total. The van der Waals surface area contributed by atoms with Crippen molar-refractivity contribution in [1.82, 2.24) is 0 Å². The average molecular weight is 219 g/mol. The van der Waals surface area contributed by atoms with E-state index in [0.717, 1.165) is 6.42 Å². The molecule has 87 valence electrons. The second kappa shape index (κ2) is 4.34. The van der Waals surface area contributed by atoms with Crippen molar-refractivity contribution in [2.45, 2.75) is 63.5 Å². The molecule has 2 fully saturated rings. The molecule has 0 heterocycles. The van der Waals surface area contributed by atoms with E-state index < -0.39 is 12.1 Å². The Labute approximate surface area is 89.2 Å². The lowest BCUT2D eigenvalue weighted by Gasteiger charge is -2.38. The second-order valence-electron chi connectivity index (χ2n) is 4.89. The van der Waals surface area contributed by atoms with Crippen LogP contribution in [-0.2, 0) is 0 Å². The lowest BCUT2D eigenvalue weighted by Crippen LogP contribution is -2.36. The number of rotatable bonds is 1. The number of hydrogen-bond acceptors (Lipinski definition) is 0. The van der Waals surface area contributed by atoms with Gasteiger partial charge in [-0.1, -0.05) is 6.42 Å². The fraction of sp³-hybridized carbons (Fsp3) is 0.917. The molecular weight excluding hydrogens is 201 g/mol. The van der Waals surface area contributed by atoms with Crippen LogP contribution in [0.3, 0.4) is 0 Å². The van der Waals surface area contributed by atoms with Gasteiger partial charge in [-0.15, -0.1) is 0 Å². The van der Waals surface area contributed by atoms with Crippen LogP contribution in [0, 0.1) is 11.8 Å². The highest BCUT2D eigenvalue weighted by molar-refractivity contribution is 5.10. The van der Waals surface area contributed by atoms with Crippen LogP contribution >= 0.6 is 0 Å². The predicted molar refractivity (Wildman–Crippen MR) is 53.5 cm³/mol. The Kier molecular flexibility index (Phi) is 3.27. The first-order valence-corrected chi connectivity index (χ1v) is 5.97. The normalized spacial score (nSPS) is 37.8. The summed E-state index contributed by atoms with van der Waals surface area (Å²) < 4.78 is 40.2. The summed E-state index contributed by atoms with van der Waals surface area (Å²) >= 11 is 0. The molecule has 0 spiro atoms. The second-order valence-corrected chi connectivity index (χ2v) is 4.89. The van der Waals surface area contributed by atoms with Crippen molar-refractivity contribution in [3.8, 4) is 0 Å². The van der Waals surface area contributed by atoms with Crippen molar-refractivity contribution in [2.24, 2.45) is 5.92 Å². The highest BCUT2D eigenvalue weighted by Gasteiger charge is 2.46. The first-order chi connectivity index (χ1) is 7.09. The number of alkyl halides is 3. The lowest BCUT2D eigenvalue weighted by atomic mass is 9.71. The van der Waals surface area contributed by atoms with Crippen molar-refractivity contribution < 1.29 is 13.2 Å². The Morgan fingerprint density at radius 3 is 2.27 bits per heavy atom. The van der Waals surface area contributed by atoms with E-state index in [-0.39, 0.29) is 12.3 Å². The molecule has 0 aromatic rings. The maximum atomic E-state index is 13.6. The minimum Gasteiger partial charge on any atom is -0.247 e. The molecule has 0 unspecified atom stereocenters. The zero-order chi connectivity index (χ0) is 10.9. The number of halogens is 3. The average Bonchev–Trinajstić information content (AvgIpc) is 2.19. The van der Waals surface area contributed by atoms with E-state index in [0.29, 0.717) is 44.4 Å². The van der Waals surface area contributed by atoms with Crippen molar-refractivity contribution in [3.05, 3.63) is 5.92 Å². The maximum absolute atomic E-state index is 13.6. The third-order valence-electron chi connectivity index (χ3n) is 3.81. The first-order valence-electron chi connectivity index (χ1n) is 5.97. The molecule has 0 nitrogen and oxygen atoms in total. The highest BCUT2D eigenvalue weighted by atomic mass is 19.3. The van der Waals surface area contributed by atoms with E-state index in [2.05, 4.69) is 0 Å². The van der Waals surface area contributed by atoms with Gasteiger partial charge in [0, 0.05) is 12.3 Å². The van der Waals surface area contributed by atoms with Crippen LogP contribution in [0.2, 0.25) is 0 Å². The van der Waals surface area contributed by atoms with Crippen LogP contribution in [0.25, 0.3) is 0 Å². The summed E-state index contributed by atoms with van der Waals surface area (Å²) in [5.41, 5.74) is 0. The molecule has 2 rings (SSSR count). The van der Waals surface area contributed by atoms with E-state index in [1.807, 2.05) is 0 Å². The summed E-state index contributed by atoms with van der Waals surface area (Å²) in [7, 11) is 0. The highest BCUT2D eigenvalue weighted by Crippen LogP contribution is 2.48. The monoisotopic (exact) mass is 219 g/mol. The van der Waals surface area contributed by atoms with Gasteiger partial charge < -0.3 is 0 Å². The predicted octanol–water partition coefficient (Wildman–Crippen LogP) is 4.30. The third-order valence-corrected chi connectivity index (χ3v) is 3.81. The molecule has 15 heavy (non-hydrogen) atoms. The fourth-order valence-electron chi connectivity index (χ4n) is 2.91. The van der Waals surface area contributed by atoms with Crippen LogP contribution in [-0.4, -0.2) is 12.1 Å². The summed E-state index contributed by atoms with van der Waals surface area (Å²) in [6, 6.07) is 0. The van der Waals surface area contributed by atoms with Gasteiger partial charge in [-0.3, -0.25) is 0 Å². The van der Waals surface area contributed by atoms with Crippen LogP contribution in [0.4, 0.5) is 13.2 Å². The zero-order valence-corrected chi connectivity index (χ0v) is 8.95. The first kappa shape index (κ1) is 11.3. The number of hydrogen-bond donors (Lipinski definition) is 0. The van der Waals surface area contributed by atoms with Gasteiger partial charge in [0.1, 0.15) is 6.17 Å². The molecule has 0 aromatic carbocycles. The van der Waals surface area contributed by atoms with Crippen molar-refractivity contribution in [1.29, 1.82) is 0 Å². The van der Waals surface area contributed by atoms with Crippen LogP contribution in [0.1, 0.15) is 51.4 Å². The standard InChI is InChI=1S/C12H18F3/c13-10-6-4-9(5-7-10)11-3-1-2-8-12(11,14)15/h9-10H,1-8H2. The van der Waals surface area contributed by atoms with Crippen molar-refractivity contribution in [2.75, 3.05) is 0 Å². The Hall–Kier alpha value is -0.210. The molecular formula is C12H18F3. The van der Waals surface area contributed by atoms with Gasteiger partial charge in [0.25, 0.3) is 5.92 Å². The smallest absolute Gasteiger partial charge is 0.247 e. The van der Waals surface area contributed by atoms with Gasteiger partial charge in [-0.2, -0.15) is 0 Å². The molecule has 0 amide bonds. The third kappa shape index (κ3) is 2.48. The lowest BCUT2D eigenvalue weighted by molar-refractivity contribution is -0.0321. The summed E-state index contributed by atoms with van der Waals surface area (Å²) in [5.74, 6) is -2.14. The molecule has 0 aromatic heterocycles. The molecule has 2 saturated carbocycles. The molecule has 0 atom stereocenters. The summed E-state index contributed by atoms with van der Waals surface area (Å²) in [6.45, 7) is 0. The van der Waals surface area contributed by atoms with Crippen LogP contribution in [0.5, 0.6) is 0 Å². The quantitative estimate of drug-likeness (QED) is 0.616. The van der Waals surface area contributed by atoms with Gasteiger partial charge in [-0.05, 0) is 44.4 Å². The summed E-state index contributed by atoms with van der Waals surface area (Å²) in [4.78, 5) is 0. The molecule has 3 heteroatoms. The summed E-state index contributed by atoms with van der Waals surface area (Å²) in [6.07, 6.45) is 3.56. The molecule has 1 radical (unpaired) electrons. The van der Waals surface area contributed by atoms with Gasteiger partial charge in [0.05, 0.1) is 0 Å². The maximum Gasteiger partial charge on any atom is 0.254 e. The van der Waals surface area contributed by atoms with Crippen molar-refractivity contribution >= 4 is 0 Å². The topological polar surface area (TPSA) is 0 Å². The SMILES string of the molecule is FC1CCC([C]2CCCCC2(F)F)CC1. The van der Waals surface area contributed by atoms with Gasteiger partial charge in [0.15, 0.2) is 0 Å². The van der Waals surface area contributed by atoms with Crippen LogP contribution < -0.4 is 0 Å². The van der Waals surface area contributed by atoms with E-state index in [1.165, 1.54) is 0 Å². The molecule has 0 saturated heterocycles. The van der Waals surface area contributed by atoms with Gasteiger partial charge >= 0.3 is 0 Å². The Bertz CT molecular complexity index is 207. The summed E-state index contributed by atoms with van der Waals surface area (Å²) in [5, 5.41) is 0. The molecule has 2 aliphatic carbocycles.